The van der Waals surface area contributed by atoms with Gasteiger partial charge in [-0.1, -0.05) is 12.1 Å². The normalized spacial score (nSPS) is 14.2. The molecule has 1 amide bonds. The molecule has 7 nitrogen and oxygen atoms in total. The second kappa shape index (κ2) is 9.13. The maximum Gasteiger partial charge on any atom is 0.252 e. The van der Waals surface area contributed by atoms with Crippen LogP contribution in [0.2, 0.25) is 0 Å². The number of nitrogens with one attached hydrogen (secondary N) is 2. The van der Waals surface area contributed by atoms with Gasteiger partial charge in [0, 0.05) is 41.5 Å². The number of nitrogens with zero attached hydrogens (tertiary/aromatic N) is 3. The fraction of sp³-hybridized carbons (Fsp3) is 0.389. The lowest BCUT2D eigenvalue weighted by Crippen LogP contribution is -2.37. The van der Waals surface area contributed by atoms with Gasteiger partial charge < -0.3 is 20.3 Å². The van der Waals surface area contributed by atoms with E-state index in [1.807, 2.05) is 37.3 Å². The summed E-state index contributed by atoms with van der Waals surface area (Å²) in [4.78, 5) is 23.4. The summed E-state index contributed by atoms with van der Waals surface area (Å²) in [5.74, 6) is 1.41. The number of ether oxygens (including phenoxy) is 1. The molecule has 0 saturated carbocycles. The minimum atomic E-state index is -0.0732. The number of benzene rings is 1. The first-order chi connectivity index (χ1) is 12.6. The molecule has 1 aliphatic rings. The summed E-state index contributed by atoms with van der Waals surface area (Å²) in [5.41, 5.74) is 1.60. The van der Waals surface area contributed by atoms with E-state index in [0.29, 0.717) is 24.6 Å². The fourth-order valence-electron chi connectivity index (χ4n) is 2.68. The second-order valence-electron chi connectivity index (χ2n) is 5.95. The van der Waals surface area contributed by atoms with Crippen LogP contribution in [0, 0.1) is 10.5 Å². The molecular weight excluding hydrogens is 445 g/mol. The molecule has 26 heavy (non-hydrogen) atoms. The van der Waals surface area contributed by atoms with E-state index in [9.17, 15) is 4.79 Å². The molecule has 1 aromatic carbocycles. The number of hydrogen-bond donors (Lipinski definition) is 2. The van der Waals surface area contributed by atoms with Crippen LogP contribution in [0.25, 0.3) is 0 Å². The molecule has 0 spiro atoms. The average molecular weight is 467 g/mol. The molecule has 1 aromatic heterocycles. The number of carbonyl (C=O) groups excluding carboxylic acids is 1. The van der Waals surface area contributed by atoms with E-state index in [1.54, 1.807) is 0 Å². The number of carbonyl (C=O) groups is 1. The fourth-order valence-corrected chi connectivity index (χ4v) is 3.31. The van der Waals surface area contributed by atoms with Crippen LogP contribution in [0.3, 0.4) is 0 Å². The van der Waals surface area contributed by atoms with E-state index >= 15 is 0 Å². The van der Waals surface area contributed by atoms with E-state index in [0.717, 1.165) is 41.4 Å². The van der Waals surface area contributed by atoms with Crippen LogP contribution in [0.15, 0.2) is 30.3 Å². The van der Waals surface area contributed by atoms with E-state index < -0.39 is 0 Å². The summed E-state index contributed by atoms with van der Waals surface area (Å²) < 4.78 is 6.32. The van der Waals surface area contributed by atoms with Gasteiger partial charge in [0.15, 0.2) is 0 Å². The molecule has 0 aliphatic carbocycles. The van der Waals surface area contributed by atoms with E-state index in [1.165, 1.54) is 0 Å². The van der Waals surface area contributed by atoms with Gasteiger partial charge in [0.2, 0.25) is 5.95 Å². The lowest BCUT2D eigenvalue weighted by atomic mass is 10.2. The number of anilines is 2. The Bertz CT molecular complexity index is 765. The van der Waals surface area contributed by atoms with Crippen molar-refractivity contribution in [3.63, 3.8) is 0 Å². The molecule has 0 atom stereocenters. The minimum Gasteiger partial charge on any atom is -0.378 e. The Kier molecular flexibility index (Phi) is 6.62. The summed E-state index contributed by atoms with van der Waals surface area (Å²) in [7, 11) is 0. The molecule has 8 heteroatoms. The molecule has 2 N–H and O–H groups in total. The van der Waals surface area contributed by atoms with Gasteiger partial charge in [-0.2, -0.15) is 4.98 Å². The van der Waals surface area contributed by atoms with Crippen molar-refractivity contribution < 1.29 is 9.53 Å². The average Bonchev–Trinajstić information content (AvgIpc) is 2.66. The number of morpholine rings is 1. The highest BCUT2D eigenvalue weighted by Gasteiger charge is 2.14. The zero-order valence-electron chi connectivity index (χ0n) is 14.7. The molecule has 0 bridgehead atoms. The van der Waals surface area contributed by atoms with E-state index in [4.69, 9.17) is 4.74 Å². The summed E-state index contributed by atoms with van der Waals surface area (Å²) in [6.45, 7) is 6.11. The third-order valence-corrected chi connectivity index (χ3v) is 4.93. The summed E-state index contributed by atoms with van der Waals surface area (Å²) >= 11 is 2.16. The number of aryl methyl sites for hydroxylation is 1. The molecule has 138 valence electrons. The van der Waals surface area contributed by atoms with Crippen LogP contribution in [0.4, 0.5) is 11.8 Å². The lowest BCUT2D eigenvalue weighted by Gasteiger charge is -2.28. The van der Waals surface area contributed by atoms with E-state index in [2.05, 4.69) is 48.1 Å². The third kappa shape index (κ3) is 5.04. The number of rotatable bonds is 6. The SMILES string of the molecule is Cc1cc(N2CCOCC2)nc(NCCNC(=O)c2ccccc2I)n1. The van der Waals surface area contributed by atoms with Gasteiger partial charge in [-0.15, -0.1) is 0 Å². The van der Waals surface area contributed by atoms with Gasteiger partial charge in [-0.05, 0) is 41.6 Å². The highest BCUT2D eigenvalue weighted by molar-refractivity contribution is 14.1. The Morgan fingerprint density at radius 3 is 2.77 bits per heavy atom. The molecule has 2 heterocycles. The van der Waals surface area contributed by atoms with Crippen LogP contribution < -0.4 is 15.5 Å². The first-order valence-electron chi connectivity index (χ1n) is 8.58. The number of halogens is 1. The molecule has 3 rings (SSSR count). The van der Waals surface area contributed by atoms with Crippen LogP contribution in [-0.2, 0) is 4.74 Å². The highest BCUT2D eigenvalue weighted by Crippen LogP contribution is 2.16. The summed E-state index contributed by atoms with van der Waals surface area (Å²) in [5, 5.41) is 6.10. The van der Waals surface area contributed by atoms with Gasteiger partial charge in [-0.3, -0.25) is 4.79 Å². The Morgan fingerprint density at radius 2 is 2.00 bits per heavy atom. The van der Waals surface area contributed by atoms with Crippen molar-refractivity contribution >= 4 is 40.3 Å². The first kappa shape index (κ1) is 18.8. The predicted molar refractivity (Wildman–Crippen MR) is 110 cm³/mol. The highest BCUT2D eigenvalue weighted by atomic mass is 127. The van der Waals surface area contributed by atoms with Gasteiger partial charge in [-0.25, -0.2) is 4.98 Å². The van der Waals surface area contributed by atoms with Crippen molar-refractivity contribution in [1.29, 1.82) is 0 Å². The van der Waals surface area contributed by atoms with Crippen LogP contribution in [-0.4, -0.2) is 55.3 Å². The zero-order valence-corrected chi connectivity index (χ0v) is 16.8. The lowest BCUT2D eigenvalue weighted by molar-refractivity contribution is 0.0954. The van der Waals surface area contributed by atoms with Crippen molar-refractivity contribution in [1.82, 2.24) is 15.3 Å². The van der Waals surface area contributed by atoms with Gasteiger partial charge >= 0.3 is 0 Å². The molecule has 0 radical (unpaired) electrons. The Hall–Kier alpha value is -1.94. The van der Waals surface area contributed by atoms with Crippen molar-refractivity contribution in [3.8, 4) is 0 Å². The van der Waals surface area contributed by atoms with Crippen molar-refractivity contribution in [2.24, 2.45) is 0 Å². The molecule has 1 saturated heterocycles. The summed E-state index contributed by atoms with van der Waals surface area (Å²) in [6.07, 6.45) is 0. The Balaban J connectivity index is 1.52. The van der Waals surface area contributed by atoms with Gasteiger partial charge in [0.25, 0.3) is 5.91 Å². The third-order valence-electron chi connectivity index (χ3n) is 3.99. The van der Waals surface area contributed by atoms with Crippen LogP contribution in [0.5, 0.6) is 0 Å². The van der Waals surface area contributed by atoms with Crippen molar-refractivity contribution in [2.45, 2.75) is 6.92 Å². The first-order valence-corrected chi connectivity index (χ1v) is 9.66. The molecule has 2 aromatic rings. The molecule has 1 fully saturated rings. The van der Waals surface area contributed by atoms with Gasteiger partial charge in [0.1, 0.15) is 5.82 Å². The topological polar surface area (TPSA) is 79.4 Å². The molecule has 0 unspecified atom stereocenters. The smallest absolute Gasteiger partial charge is 0.252 e. The monoisotopic (exact) mass is 467 g/mol. The predicted octanol–water partition coefficient (Wildman–Crippen LogP) is 2.07. The number of hydrogen-bond acceptors (Lipinski definition) is 6. The Morgan fingerprint density at radius 1 is 1.23 bits per heavy atom. The number of aromatic nitrogens is 2. The second-order valence-corrected chi connectivity index (χ2v) is 7.12. The van der Waals surface area contributed by atoms with E-state index in [-0.39, 0.29) is 5.91 Å². The van der Waals surface area contributed by atoms with Crippen LogP contribution in [0.1, 0.15) is 16.1 Å². The standard InChI is InChI=1S/C18H22IN5O2/c1-13-12-16(24-8-10-26-11-9-24)23-18(22-13)21-7-6-20-17(25)14-4-2-3-5-15(14)19/h2-5,12H,6-11H2,1H3,(H,20,25)(H,21,22,23). The Labute approximate surface area is 166 Å². The van der Waals surface area contributed by atoms with Gasteiger partial charge in [0.05, 0.1) is 18.8 Å². The molecule has 1 aliphatic heterocycles. The zero-order chi connectivity index (χ0) is 18.4. The number of amides is 1. The quantitative estimate of drug-likeness (QED) is 0.501. The van der Waals surface area contributed by atoms with Crippen molar-refractivity contribution in [2.75, 3.05) is 49.6 Å². The van der Waals surface area contributed by atoms with Crippen molar-refractivity contribution in [3.05, 3.63) is 45.2 Å². The summed E-state index contributed by atoms with van der Waals surface area (Å²) in [6, 6.07) is 9.50. The van der Waals surface area contributed by atoms with Crippen LogP contribution >= 0.6 is 22.6 Å². The minimum absolute atomic E-state index is 0.0732. The maximum atomic E-state index is 12.2. The largest absolute Gasteiger partial charge is 0.378 e. The maximum absolute atomic E-state index is 12.2. The molecular formula is C18H22IN5O2.